The van der Waals surface area contributed by atoms with Crippen molar-refractivity contribution in [1.82, 2.24) is 4.90 Å². The smallest absolute Gasteiger partial charge is 0.260 e. The lowest BCUT2D eigenvalue weighted by molar-refractivity contribution is -0.132. The molecule has 1 aromatic rings. The number of likely N-dealkylation sites (tertiary alicyclic amines) is 1. The Labute approximate surface area is 116 Å². The molecule has 2 rings (SSSR count). The summed E-state index contributed by atoms with van der Waals surface area (Å²) in [5.74, 6) is -0.319. The molecule has 1 aliphatic rings. The van der Waals surface area contributed by atoms with Crippen molar-refractivity contribution in [1.29, 1.82) is 0 Å². The van der Waals surface area contributed by atoms with Crippen molar-refractivity contribution in [3.05, 3.63) is 29.6 Å². The van der Waals surface area contributed by atoms with Gasteiger partial charge in [-0.25, -0.2) is 4.39 Å². The van der Waals surface area contributed by atoms with Crippen LogP contribution in [0.2, 0.25) is 0 Å². The second-order valence-electron chi connectivity index (χ2n) is 4.38. The highest BCUT2D eigenvalue weighted by molar-refractivity contribution is 7.80. The summed E-state index contributed by atoms with van der Waals surface area (Å²) in [7, 11) is 0. The Hall–Kier alpha value is -1.69. The molecule has 1 aromatic carbocycles. The Balaban J connectivity index is 1.94. The Morgan fingerprint density at radius 3 is 2.68 bits per heavy atom. The van der Waals surface area contributed by atoms with Crippen LogP contribution in [0.25, 0.3) is 0 Å². The van der Waals surface area contributed by atoms with E-state index in [1.54, 1.807) is 11.0 Å². The van der Waals surface area contributed by atoms with E-state index < -0.39 is 5.82 Å². The molecule has 0 saturated carbocycles. The maximum absolute atomic E-state index is 13.6. The number of thiocarbonyl (C=S) groups is 1. The quantitative estimate of drug-likeness (QED) is 0.850. The first-order valence-electron chi connectivity index (χ1n) is 6.08. The first-order valence-corrected chi connectivity index (χ1v) is 6.48. The minimum absolute atomic E-state index is 0.00260. The molecule has 1 amide bonds. The minimum atomic E-state index is -0.543. The van der Waals surface area contributed by atoms with Crippen LogP contribution in [0.5, 0.6) is 5.75 Å². The summed E-state index contributed by atoms with van der Waals surface area (Å²) in [6, 6.07) is 4.19. The number of nitrogens with zero attached hydrogens (tertiary/aromatic N) is 1. The number of ether oxygens (including phenoxy) is 1. The molecule has 2 N–H and O–H groups in total. The second kappa shape index (κ2) is 5.97. The number of nitrogens with two attached hydrogens (primary N) is 1. The fourth-order valence-corrected chi connectivity index (χ4v) is 2.15. The molecule has 0 unspecified atom stereocenters. The topological polar surface area (TPSA) is 55.6 Å². The van der Waals surface area contributed by atoms with E-state index in [4.69, 9.17) is 22.7 Å². The van der Waals surface area contributed by atoms with Gasteiger partial charge in [0.1, 0.15) is 16.6 Å². The average molecular weight is 282 g/mol. The van der Waals surface area contributed by atoms with Crippen LogP contribution in [0.15, 0.2) is 18.2 Å². The zero-order chi connectivity index (χ0) is 13.8. The van der Waals surface area contributed by atoms with Crippen molar-refractivity contribution < 1.29 is 13.9 Å². The van der Waals surface area contributed by atoms with Gasteiger partial charge in [0.2, 0.25) is 0 Å². The van der Waals surface area contributed by atoms with Gasteiger partial charge < -0.3 is 15.4 Å². The van der Waals surface area contributed by atoms with Crippen molar-refractivity contribution >= 4 is 23.1 Å². The molecule has 1 aliphatic heterocycles. The van der Waals surface area contributed by atoms with Crippen molar-refractivity contribution in [3.63, 3.8) is 0 Å². The predicted molar refractivity (Wildman–Crippen MR) is 73.6 cm³/mol. The van der Waals surface area contributed by atoms with E-state index >= 15 is 0 Å². The van der Waals surface area contributed by atoms with Crippen LogP contribution in [-0.4, -0.2) is 35.5 Å². The van der Waals surface area contributed by atoms with Gasteiger partial charge in [0.05, 0.1) is 0 Å². The van der Waals surface area contributed by atoms with E-state index in [-0.39, 0.29) is 23.1 Å². The molecular formula is C13H15FN2O2S. The summed E-state index contributed by atoms with van der Waals surface area (Å²) in [6.45, 7) is 1.47. The van der Waals surface area contributed by atoms with Crippen molar-refractivity contribution in [2.75, 3.05) is 19.7 Å². The lowest BCUT2D eigenvalue weighted by atomic mass is 10.2. The molecule has 0 radical (unpaired) electrons. The number of hydrogen-bond donors (Lipinski definition) is 1. The van der Waals surface area contributed by atoms with Gasteiger partial charge in [0.15, 0.2) is 6.61 Å². The Kier molecular flexibility index (Phi) is 4.31. The number of hydrogen-bond acceptors (Lipinski definition) is 3. The lowest BCUT2D eigenvalue weighted by Gasteiger charge is -2.15. The van der Waals surface area contributed by atoms with Crippen molar-refractivity contribution in [3.8, 4) is 5.75 Å². The molecule has 0 bridgehead atoms. The molecule has 1 fully saturated rings. The van der Waals surface area contributed by atoms with Gasteiger partial charge >= 0.3 is 0 Å². The van der Waals surface area contributed by atoms with E-state index in [1.165, 1.54) is 12.1 Å². The maximum Gasteiger partial charge on any atom is 0.260 e. The van der Waals surface area contributed by atoms with Crippen LogP contribution in [0.3, 0.4) is 0 Å². The van der Waals surface area contributed by atoms with Gasteiger partial charge in [-0.15, -0.1) is 0 Å². The fourth-order valence-electron chi connectivity index (χ4n) is 1.99. The van der Waals surface area contributed by atoms with Crippen LogP contribution >= 0.6 is 12.2 Å². The van der Waals surface area contributed by atoms with Gasteiger partial charge in [0.25, 0.3) is 5.91 Å². The third-order valence-electron chi connectivity index (χ3n) is 3.03. The molecule has 0 aliphatic carbocycles. The molecule has 0 atom stereocenters. The van der Waals surface area contributed by atoms with Gasteiger partial charge in [-0.2, -0.15) is 0 Å². The van der Waals surface area contributed by atoms with Gasteiger partial charge in [-0.1, -0.05) is 12.2 Å². The normalized spacial score (nSPS) is 14.5. The van der Waals surface area contributed by atoms with E-state index in [2.05, 4.69) is 0 Å². The first kappa shape index (κ1) is 13.7. The highest BCUT2D eigenvalue weighted by Gasteiger charge is 2.18. The highest BCUT2D eigenvalue weighted by Crippen LogP contribution is 2.17. The molecule has 1 heterocycles. The fraction of sp³-hybridized carbons (Fsp3) is 0.385. The van der Waals surface area contributed by atoms with E-state index in [0.717, 1.165) is 25.9 Å². The maximum atomic E-state index is 13.6. The second-order valence-corrected chi connectivity index (χ2v) is 4.82. The average Bonchev–Trinajstić information content (AvgIpc) is 2.89. The molecule has 6 heteroatoms. The number of amides is 1. The number of benzene rings is 1. The minimum Gasteiger partial charge on any atom is -0.484 e. The summed E-state index contributed by atoms with van der Waals surface area (Å²) >= 11 is 4.71. The summed E-state index contributed by atoms with van der Waals surface area (Å²) < 4.78 is 18.9. The Bertz CT molecular complexity index is 501. The summed E-state index contributed by atoms with van der Waals surface area (Å²) in [4.78, 5) is 13.5. The summed E-state index contributed by atoms with van der Waals surface area (Å²) in [5.41, 5.74) is 5.53. The van der Waals surface area contributed by atoms with E-state index in [9.17, 15) is 9.18 Å². The van der Waals surface area contributed by atoms with Crippen LogP contribution in [0.4, 0.5) is 4.39 Å². The van der Waals surface area contributed by atoms with Crippen LogP contribution in [0, 0.1) is 5.82 Å². The first-order chi connectivity index (χ1) is 9.08. The van der Waals surface area contributed by atoms with Crippen LogP contribution in [-0.2, 0) is 4.79 Å². The molecule has 19 heavy (non-hydrogen) atoms. The summed E-state index contributed by atoms with van der Waals surface area (Å²) in [6.07, 6.45) is 2.06. The monoisotopic (exact) mass is 282 g/mol. The van der Waals surface area contributed by atoms with E-state index in [0.29, 0.717) is 5.75 Å². The zero-order valence-corrected chi connectivity index (χ0v) is 11.2. The largest absolute Gasteiger partial charge is 0.484 e. The zero-order valence-electron chi connectivity index (χ0n) is 10.4. The van der Waals surface area contributed by atoms with Crippen molar-refractivity contribution in [2.45, 2.75) is 12.8 Å². The van der Waals surface area contributed by atoms with Gasteiger partial charge in [-0.05, 0) is 25.0 Å². The molecular weight excluding hydrogens is 267 g/mol. The summed E-state index contributed by atoms with van der Waals surface area (Å²) in [5, 5.41) is 0. The SMILES string of the molecule is NC(=S)c1ccc(OCC(=O)N2CCCC2)cc1F. The van der Waals surface area contributed by atoms with Crippen LogP contribution < -0.4 is 10.5 Å². The number of carbonyl (C=O) groups excluding carboxylic acids is 1. The molecule has 102 valence electrons. The number of carbonyl (C=O) groups is 1. The van der Waals surface area contributed by atoms with Gasteiger partial charge in [-0.3, -0.25) is 4.79 Å². The number of halogens is 1. The Morgan fingerprint density at radius 1 is 1.42 bits per heavy atom. The van der Waals surface area contributed by atoms with Crippen LogP contribution in [0.1, 0.15) is 18.4 Å². The Morgan fingerprint density at radius 2 is 2.11 bits per heavy atom. The third-order valence-corrected chi connectivity index (χ3v) is 3.25. The molecule has 0 aromatic heterocycles. The van der Waals surface area contributed by atoms with Gasteiger partial charge in [0, 0.05) is 24.7 Å². The van der Waals surface area contributed by atoms with Crippen molar-refractivity contribution in [2.24, 2.45) is 5.73 Å². The third kappa shape index (κ3) is 3.41. The number of rotatable bonds is 4. The molecule has 1 saturated heterocycles. The molecule has 0 spiro atoms. The van der Waals surface area contributed by atoms with E-state index in [1.807, 2.05) is 0 Å². The standard InChI is InChI=1S/C13H15FN2O2S/c14-11-7-9(3-4-10(11)13(15)19)18-8-12(17)16-5-1-2-6-16/h3-4,7H,1-2,5-6,8H2,(H2,15,19). The predicted octanol–water partition coefficient (Wildman–Crippen LogP) is 1.46. The highest BCUT2D eigenvalue weighted by atomic mass is 32.1. The molecule has 4 nitrogen and oxygen atoms in total. The lowest BCUT2D eigenvalue weighted by Crippen LogP contribution is -2.32.